The van der Waals surface area contributed by atoms with Crippen LogP contribution in [0.2, 0.25) is 0 Å². The summed E-state index contributed by atoms with van der Waals surface area (Å²) >= 11 is 0. The highest BCUT2D eigenvalue weighted by atomic mass is 16.5. The van der Waals surface area contributed by atoms with Crippen molar-refractivity contribution in [3.05, 3.63) is 54.1 Å². The Morgan fingerprint density at radius 3 is 2.31 bits per heavy atom. The summed E-state index contributed by atoms with van der Waals surface area (Å²) < 4.78 is 16.6. The van der Waals surface area contributed by atoms with Gasteiger partial charge in [-0.25, -0.2) is 0 Å². The topological polar surface area (TPSA) is 51.2 Å². The predicted molar refractivity (Wildman–Crippen MR) is 103 cm³/mol. The first-order chi connectivity index (χ1) is 12.5. The van der Waals surface area contributed by atoms with E-state index in [0.29, 0.717) is 18.8 Å². The molecule has 26 heavy (non-hydrogen) atoms. The third-order valence-electron chi connectivity index (χ3n) is 4.22. The maximum atomic E-state index is 10.4. The lowest BCUT2D eigenvalue weighted by molar-refractivity contribution is 0.0540. The number of ether oxygens (including phenoxy) is 3. The molecule has 2 aromatic carbocycles. The Bertz CT molecular complexity index is 660. The van der Waals surface area contributed by atoms with Gasteiger partial charge in [-0.3, -0.25) is 4.90 Å². The van der Waals surface area contributed by atoms with Crippen molar-refractivity contribution in [2.24, 2.45) is 0 Å². The number of benzene rings is 2. The van der Waals surface area contributed by atoms with Crippen LogP contribution in [-0.4, -0.2) is 49.5 Å². The number of hydrogen-bond acceptors (Lipinski definition) is 5. The summed E-state index contributed by atoms with van der Waals surface area (Å²) in [6.07, 6.45) is -0.589. The van der Waals surface area contributed by atoms with Crippen molar-refractivity contribution >= 4 is 0 Å². The molecule has 5 nitrogen and oxygen atoms in total. The molecule has 0 saturated carbocycles. The summed E-state index contributed by atoms with van der Waals surface area (Å²) in [5.74, 6) is 2.20. The third-order valence-corrected chi connectivity index (χ3v) is 4.22. The van der Waals surface area contributed by atoms with Gasteiger partial charge in [0.25, 0.3) is 0 Å². The molecule has 0 fully saturated rings. The average Bonchev–Trinajstić information content (AvgIpc) is 2.66. The van der Waals surface area contributed by atoms with Gasteiger partial charge in [-0.1, -0.05) is 30.3 Å². The molecule has 0 saturated heterocycles. The number of para-hydroxylation sites is 2. The molecule has 0 aliphatic heterocycles. The Balaban J connectivity index is 2.00. The van der Waals surface area contributed by atoms with E-state index in [-0.39, 0.29) is 12.6 Å². The van der Waals surface area contributed by atoms with Gasteiger partial charge in [-0.05, 0) is 32.0 Å². The molecule has 0 aliphatic rings. The van der Waals surface area contributed by atoms with Crippen LogP contribution in [0.25, 0.3) is 0 Å². The van der Waals surface area contributed by atoms with Gasteiger partial charge in [0.05, 0.1) is 14.2 Å². The summed E-state index contributed by atoms with van der Waals surface area (Å²) in [5.41, 5.74) is 1.02. The standard InChI is InChI=1S/C21H29NO4/c1-16(2)22(13-17-9-8-12-20(24-3)21(17)25-4)14-18(23)15-26-19-10-6-5-7-11-19/h5-12,16,18,23H,13-15H2,1-4H3. The largest absolute Gasteiger partial charge is 0.493 e. The molecule has 1 atom stereocenters. The van der Waals surface area contributed by atoms with Gasteiger partial charge in [-0.15, -0.1) is 0 Å². The number of aliphatic hydroxyl groups is 1. The first-order valence-electron chi connectivity index (χ1n) is 8.85. The molecule has 1 N–H and O–H groups in total. The minimum absolute atomic E-state index is 0.252. The Kier molecular flexibility index (Phi) is 7.75. The van der Waals surface area contributed by atoms with Crippen molar-refractivity contribution in [3.63, 3.8) is 0 Å². The Hall–Kier alpha value is -2.24. The van der Waals surface area contributed by atoms with E-state index < -0.39 is 6.10 Å². The summed E-state index contributed by atoms with van der Waals surface area (Å²) in [6.45, 7) is 5.63. The van der Waals surface area contributed by atoms with Crippen molar-refractivity contribution < 1.29 is 19.3 Å². The van der Waals surface area contributed by atoms with Crippen LogP contribution in [0.5, 0.6) is 17.2 Å². The summed E-state index contributed by atoms with van der Waals surface area (Å²) in [4.78, 5) is 2.19. The first kappa shape index (κ1) is 20.1. The van der Waals surface area contributed by atoms with Crippen molar-refractivity contribution in [3.8, 4) is 17.2 Å². The molecule has 5 heteroatoms. The van der Waals surface area contributed by atoms with Crippen LogP contribution in [-0.2, 0) is 6.54 Å². The van der Waals surface area contributed by atoms with Gasteiger partial charge < -0.3 is 19.3 Å². The molecule has 1 unspecified atom stereocenters. The monoisotopic (exact) mass is 359 g/mol. The Morgan fingerprint density at radius 2 is 1.69 bits per heavy atom. The van der Waals surface area contributed by atoms with Crippen molar-refractivity contribution in [2.45, 2.75) is 32.5 Å². The van der Waals surface area contributed by atoms with Crippen LogP contribution in [0, 0.1) is 0 Å². The van der Waals surface area contributed by atoms with Crippen molar-refractivity contribution in [1.29, 1.82) is 0 Å². The second-order valence-electron chi connectivity index (χ2n) is 6.45. The fourth-order valence-corrected chi connectivity index (χ4v) is 2.79. The lowest BCUT2D eigenvalue weighted by Gasteiger charge is -2.29. The zero-order valence-corrected chi connectivity index (χ0v) is 16.0. The molecule has 2 rings (SSSR count). The number of nitrogens with zero attached hydrogens (tertiary/aromatic N) is 1. The van der Waals surface area contributed by atoms with E-state index in [9.17, 15) is 5.11 Å². The fourth-order valence-electron chi connectivity index (χ4n) is 2.79. The summed E-state index contributed by atoms with van der Waals surface area (Å²) in [5, 5.41) is 10.4. The molecule has 0 bridgehead atoms. The highest BCUT2D eigenvalue weighted by molar-refractivity contribution is 5.46. The molecule has 2 aromatic rings. The predicted octanol–water partition coefficient (Wildman–Crippen LogP) is 3.35. The fraction of sp³-hybridized carbons (Fsp3) is 0.429. The van der Waals surface area contributed by atoms with E-state index in [4.69, 9.17) is 14.2 Å². The van der Waals surface area contributed by atoms with Crippen LogP contribution < -0.4 is 14.2 Å². The minimum Gasteiger partial charge on any atom is -0.493 e. The number of aliphatic hydroxyl groups excluding tert-OH is 1. The molecular formula is C21H29NO4. The minimum atomic E-state index is -0.589. The summed E-state index contributed by atoms with van der Waals surface area (Å²) in [7, 11) is 3.27. The van der Waals surface area contributed by atoms with Gasteiger partial charge in [0.15, 0.2) is 11.5 Å². The quantitative estimate of drug-likeness (QED) is 0.705. The highest BCUT2D eigenvalue weighted by Crippen LogP contribution is 2.31. The van der Waals surface area contributed by atoms with E-state index in [0.717, 1.165) is 17.1 Å². The Morgan fingerprint density at radius 1 is 0.962 bits per heavy atom. The number of methoxy groups -OCH3 is 2. The average molecular weight is 359 g/mol. The zero-order chi connectivity index (χ0) is 18.9. The Labute approximate surface area is 156 Å². The maximum Gasteiger partial charge on any atom is 0.165 e. The highest BCUT2D eigenvalue weighted by Gasteiger charge is 2.19. The SMILES string of the molecule is COc1cccc(CN(CC(O)COc2ccccc2)C(C)C)c1OC. The lowest BCUT2D eigenvalue weighted by Crippen LogP contribution is -2.39. The normalized spacial score (nSPS) is 12.3. The van der Waals surface area contributed by atoms with Crippen molar-refractivity contribution in [2.75, 3.05) is 27.4 Å². The van der Waals surface area contributed by atoms with Crippen LogP contribution in [0.4, 0.5) is 0 Å². The van der Waals surface area contributed by atoms with E-state index in [1.165, 1.54) is 0 Å². The van der Waals surface area contributed by atoms with Gasteiger partial charge in [0.1, 0.15) is 18.5 Å². The van der Waals surface area contributed by atoms with E-state index in [1.807, 2.05) is 48.5 Å². The lowest BCUT2D eigenvalue weighted by atomic mass is 10.1. The van der Waals surface area contributed by atoms with Crippen LogP contribution in [0.1, 0.15) is 19.4 Å². The van der Waals surface area contributed by atoms with Gasteiger partial charge >= 0.3 is 0 Å². The molecule has 0 amide bonds. The smallest absolute Gasteiger partial charge is 0.165 e. The van der Waals surface area contributed by atoms with Gasteiger partial charge in [0.2, 0.25) is 0 Å². The number of rotatable bonds is 10. The van der Waals surface area contributed by atoms with Gasteiger partial charge in [0, 0.05) is 24.7 Å². The molecule has 142 valence electrons. The van der Waals surface area contributed by atoms with Crippen LogP contribution in [0.15, 0.2) is 48.5 Å². The number of hydrogen-bond donors (Lipinski definition) is 1. The molecule has 0 heterocycles. The van der Waals surface area contributed by atoms with Gasteiger partial charge in [-0.2, -0.15) is 0 Å². The van der Waals surface area contributed by atoms with Crippen LogP contribution in [0.3, 0.4) is 0 Å². The first-order valence-corrected chi connectivity index (χ1v) is 8.85. The molecule has 0 aliphatic carbocycles. The van der Waals surface area contributed by atoms with E-state index in [2.05, 4.69) is 18.7 Å². The molecule has 0 spiro atoms. The molecule has 0 radical (unpaired) electrons. The summed E-state index contributed by atoms with van der Waals surface area (Å²) in [6, 6.07) is 15.6. The zero-order valence-electron chi connectivity index (χ0n) is 16.0. The second-order valence-corrected chi connectivity index (χ2v) is 6.45. The molecular weight excluding hydrogens is 330 g/mol. The third kappa shape index (κ3) is 5.64. The van der Waals surface area contributed by atoms with E-state index in [1.54, 1.807) is 14.2 Å². The van der Waals surface area contributed by atoms with Crippen LogP contribution >= 0.6 is 0 Å². The van der Waals surface area contributed by atoms with Crippen molar-refractivity contribution in [1.82, 2.24) is 4.90 Å². The van der Waals surface area contributed by atoms with E-state index >= 15 is 0 Å². The molecule has 0 aromatic heterocycles. The second kappa shape index (κ2) is 10.0. The maximum absolute atomic E-state index is 10.4.